The van der Waals surface area contributed by atoms with Crippen molar-refractivity contribution < 1.29 is 4.79 Å². The fourth-order valence-corrected chi connectivity index (χ4v) is 1.34. The van der Waals surface area contributed by atoms with Gasteiger partial charge in [-0.15, -0.1) is 0 Å². The number of carbonyl (C=O) groups is 1. The lowest BCUT2D eigenvalue weighted by Gasteiger charge is -2.03. The van der Waals surface area contributed by atoms with Crippen molar-refractivity contribution in [3.63, 3.8) is 0 Å². The molecule has 1 amide bonds. The number of rotatable bonds is 2. The number of hydrogen-bond donors (Lipinski definition) is 1. The summed E-state index contributed by atoms with van der Waals surface area (Å²) >= 11 is 2.21. The van der Waals surface area contributed by atoms with Crippen LogP contribution in [0.3, 0.4) is 0 Å². The van der Waals surface area contributed by atoms with E-state index in [1.807, 2.05) is 25.1 Å². The molecule has 0 aliphatic carbocycles. The Morgan fingerprint density at radius 3 is 2.93 bits per heavy atom. The molecule has 1 N–H and O–H groups in total. The van der Waals surface area contributed by atoms with Gasteiger partial charge in [0.2, 0.25) is 0 Å². The zero-order chi connectivity index (χ0) is 10.6. The number of amides is 1. The molecule has 0 heterocycles. The number of benzene rings is 1. The van der Waals surface area contributed by atoms with Gasteiger partial charge in [-0.25, -0.2) is 0 Å². The monoisotopic (exact) mass is 300 g/mol. The SMILES string of the molecule is Cc1cc(C(=O)NCC#N)ccc1I. The van der Waals surface area contributed by atoms with Gasteiger partial charge in [0.15, 0.2) is 0 Å². The van der Waals surface area contributed by atoms with E-state index in [9.17, 15) is 4.79 Å². The first kappa shape index (κ1) is 11.0. The van der Waals surface area contributed by atoms with Gasteiger partial charge in [0.05, 0.1) is 6.07 Å². The van der Waals surface area contributed by atoms with Gasteiger partial charge in [0.25, 0.3) is 5.91 Å². The van der Waals surface area contributed by atoms with Gasteiger partial charge < -0.3 is 5.32 Å². The predicted molar refractivity (Wildman–Crippen MR) is 61.8 cm³/mol. The maximum Gasteiger partial charge on any atom is 0.252 e. The van der Waals surface area contributed by atoms with Crippen LogP contribution in [0.5, 0.6) is 0 Å². The van der Waals surface area contributed by atoms with Crippen LogP contribution < -0.4 is 5.32 Å². The van der Waals surface area contributed by atoms with Crippen LogP contribution >= 0.6 is 22.6 Å². The Labute approximate surface area is 96.3 Å². The van der Waals surface area contributed by atoms with Crippen molar-refractivity contribution in [2.75, 3.05) is 6.54 Å². The molecule has 3 nitrogen and oxygen atoms in total. The molecule has 4 heteroatoms. The highest BCUT2D eigenvalue weighted by atomic mass is 127. The minimum atomic E-state index is -0.203. The van der Waals surface area contributed by atoms with E-state index in [0.717, 1.165) is 9.13 Å². The molecule has 0 radical (unpaired) electrons. The molecular weight excluding hydrogens is 291 g/mol. The van der Waals surface area contributed by atoms with E-state index in [4.69, 9.17) is 5.26 Å². The summed E-state index contributed by atoms with van der Waals surface area (Å²) in [5.74, 6) is -0.203. The van der Waals surface area contributed by atoms with Crippen LogP contribution in [0.2, 0.25) is 0 Å². The number of nitrogens with zero attached hydrogens (tertiary/aromatic N) is 1. The van der Waals surface area contributed by atoms with Gasteiger partial charge in [0.1, 0.15) is 6.54 Å². The van der Waals surface area contributed by atoms with Crippen molar-refractivity contribution in [2.45, 2.75) is 6.92 Å². The number of hydrogen-bond acceptors (Lipinski definition) is 2. The highest BCUT2D eigenvalue weighted by molar-refractivity contribution is 14.1. The second-order valence-electron chi connectivity index (χ2n) is 2.80. The molecule has 1 aromatic carbocycles. The van der Waals surface area contributed by atoms with Crippen molar-refractivity contribution in [1.29, 1.82) is 5.26 Å². The molecule has 0 spiro atoms. The van der Waals surface area contributed by atoms with E-state index in [1.54, 1.807) is 6.07 Å². The van der Waals surface area contributed by atoms with Crippen LogP contribution in [0.1, 0.15) is 15.9 Å². The molecule has 0 fully saturated rings. The van der Waals surface area contributed by atoms with Crippen LogP contribution in [0.25, 0.3) is 0 Å². The normalized spacial score (nSPS) is 9.21. The van der Waals surface area contributed by atoms with Gasteiger partial charge in [-0.1, -0.05) is 0 Å². The molecule has 1 rings (SSSR count). The minimum absolute atomic E-state index is 0.0455. The molecule has 0 unspecified atom stereocenters. The van der Waals surface area contributed by atoms with Gasteiger partial charge in [-0.3, -0.25) is 4.79 Å². The summed E-state index contributed by atoms with van der Waals surface area (Å²) < 4.78 is 1.12. The molecule has 0 aliphatic rings. The third-order valence-electron chi connectivity index (χ3n) is 1.75. The standard InChI is InChI=1S/C10H9IN2O/c1-7-6-8(2-3-9(7)11)10(14)13-5-4-12/h2-3,6H,5H2,1H3,(H,13,14). The first-order valence-electron chi connectivity index (χ1n) is 4.06. The molecule has 72 valence electrons. The maximum absolute atomic E-state index is 11.4. The molecule has 0 saturated carbocycles. The summed E-state index contributed by atoms with van der Waals surface area (Å²) in [6, 6.07) is 7.31. The lowest BCUT2D eigenvalue weighted by molar-refractivity contribution is 0.0958. The zero-order valence-electron chi connectivity index (χ0n) is 7.67. The van der Waals surface area contributed by atoms with E-state index in [-0.39, 0.29) is 12.5 Å². The second kappa shape index (κ2) is 4.96. The van der Waals surface area contributed by atoms with E-state index in [2.05, 4.69) is 27.9 Å². The van der Waals surface area contributed by atoms with Gasteiger partial charge in [0, 0.05) is 9.13 Å². The highest BCUT2D eigenvalue weighted by Crippen LogP contribution is 2.12. The summed E-state index contributed by atoms with van der Waals surface area (Å²) in [5.41, 5.74) is 1.66. The van der Waals surface area contributed by atoms with Crippen molar-refractivity contribution in [2.24, 2.45) is 0 Å². The summed E-state index contributed by atoms with van der Waals surface area (Å²) in [6.45, 7) is 1.99. The quantitative estimate of drug-likeness (QED) is 0.669. The average molecular weight is 300 g/mol. The van der Waals surface area contributed by atoms with Crippen LogP contribution in [-0.2, 0) is 0 Å². The van der Waals surface area contributed by atoms with Crippen LogP contribution in [0, 0.1) is 21.8 Å². The Bertz CT molecular complexity index is 396. The first-order chi connectivity index (χ1) is 6.65. The summed E-state index contributed by atoms with van der Waals surface area (Å²) in [4.78, 5) is 11.4. The molecule has 0 bridgehead atoms. The Morgan fingerprint density at radius 2 is 2.36 bits per heavy atom. The second-order valence-corrected chi connectivity index (χ2v) is 3.97. The summed E-state index contributed by atoms with van der Waals surface area (Å²) in [6.07, 6.45) is 0. The molecule has 0 atom stereocenters. The van der Waals surface area contributed by atoms with E-state index in [0.29, 0.717) is 5.56 Å². The Kier molecular flexibility index (Phi) is 3.89. The van der Waals surface area contributed by atoms with Crippen molar-refractivity contribution in [3.8, 4) is 6.07 Å². The molecule has 0 aliphatic heterocycles. The number of nitriles is 1. The number of halogens is 1. The average Bonchev–Trinajstić information content (AvgIpc) is 2.18. The molecular formula is C10H9IN2O. The third kappa shape index (κ3) is 2.70. The van der Waals surface area contributed by atoms with Crippen molar-refractivity contribution in [1.82, 2.24) is 5.32 Å². The molecule has 1 aromatic rings. The molecule has 0 aromatic heterocycles. The van der Waals surface area contributed by atoms with E-state index < -0.39 is 0 Å². The lowest BCUT2D eigenvalue weighted by atomic mass is 10.1. The highest BCUT2D eigenvalue weighted by Gasteiger charge is 2.05. The number of aryl methyl sites for hydroxylation is 1. The first-order valence-corrected chi connectivity index (χ1v) is 5.14. The Morgan fingerprint density at radius 1 is 1.64 bits per heavy atom. The van der Waals surface area contributed by atoms with Gasteiger partial charge in [-0.2, -0.15) is 5.26 Å². The van der Waals surface area contributed by atoms with Gasteiger partial charge >= 0.3 is 0 Å². The topological polar surface area (TPSA) is 52.9 Å². The van der Waals surface area contributed by atoms with Crippen LogP contribution in [-0.4, -0.2) is 12.5 Å². The number of carbonyl (C=O) groups excluding carboxylic acids is 1. The molecule has 0 saturated heterocycles. The smallest absolute Gasteiger partial charge is 0.252 e. The predicted octanol–water partition coefficient (Wildman–Crippen LogP) is 1.85. The van der Waals surface area contributed by atoms with Crippen molar-refractivity contribution in [3.05, 3.63) is 32.9 Å². The fourth-order valence-electron chi connectivity index (χ4n) is 1.01. The minimum Gasteiger partial charge on any atom is -0.339 e. The van der Waals surface area contributed by atoms with Crippen molar-refractivity contribution >= 4 is 28.5 Å². The van der Waals surface area contributed by atoms with Crippen LogP contribution in [0.15, 0.2) is 18.2 Å². The zero-order valence-corrected chi connectivity index (χ0v) is 9.83. The number of nitrogens with one attached hydrogen (secondary N) is 1. The largest absolute Gasteiger partial charge is 0.339 e. The van der Waals surface area contributed by atoms with Crippen LogP contribution in [0.4, 0.5) is 0 Å². The molecule has 14 heavy (non-hydrogen) atoms. The Hall–Kier alpha value is -1.09. The van der Waals surface area contributed by atoms with E-state index >= 15 is 0 Å². The Balaban J connectivity index is 2.82. The summed E-state index contributed by atoms with van der Waals surface area (Å²) in [7, 11) is 0. The van der Waals surface area contributed by atoms with E-state index in [1.165, 1.54) is 0 Å². The maximum atomic E-state index is 11.4. The lowest BCUT2D eigenvalue weighted by Crippen LogP contribution is -2.23. The third-order valence-corrected chi connectivity index (χ3v) is 2.96. The summed E-state index contributed by atoms with van der Waals surface area (Å²) in [5, 5.41) is 10.8. The fraction of sp³-hybridized carbons (Fsp3) is 0.200. The van der Waals surface area contributed by atoms with Gasteiger partial charge in [-0.05, 0) is 53.3 Å².